The van der Waals surface area contributed by atoms with E-state index in [4.69, 9.17) is 9.47 Å². The van der Waals surface area contributed by atoms with Crippen molar-refractivity contribution in [2.45, 2.75) is 70.1 Å². The number of hydrogen-bond donors (Lipinski definition) is 2. The Balaban J connectivity index is 0.920. The van der Waals surface area contributed by atoms with Crippen molar-refractivity contribution in [2.24, 2.45) is 0 Å². The molecule has 1 saturated carbocycles. The van der Waals surface area contributed by atoms with E-state index in [-0.39, 0.29) is 41.5 Å². The molecular weight excluding hydrogens is 618 g/mol. The molecule has 4 aromatic rings. The number of hydrogen-bond acceptors (Lipinski definition) is 10. The predicted molar refractivity (Wildman–Crippen MR) is 174 cm³/mol. The first-order valence-corrected chi connectivity index (χ1v) is 16.3. The molecule has 1 aromatic heterocycles. The number of fused-ring (bicyclic) bond motifs is 1. The summed E-state index contributed by atoms with van der Waals surface area (Å²) in [6.45, 7) is 6.20. The third-order valence-electron chi connectivity index (χ3n) is 9.07. The number of aryl methyl sites for hydroxylation is 1. The number of nitrogens with zero attached hydrogens (tertiary/aromatic N) is 3. The number of carbonyl (C=O) groups is 4. The summed E-state index contributed by atoms with van der Waals surface area (Å²) in [6, 6.07) is 20.4. The molecule has 240 valence electrons. The van der Waals surface area contributed by atoms with Gasteiger partial charge in [-0.25, -0.2) is 0 Å². The van der Waals surface area contributed by atoms with Gasteiger partial charge in [0.15, 0.2) is 0 Å². The largest absolute Gasteiger partial charge is 0.490 e. The van der Waals surface area contributed by atoms with Gasteiger partial charge in [-0.2, -0.15) is 9.36 Å². The predicted octanol–water partition coefficient (Wildman–Crippen LogP) is 5.39. The molecule has 3 aliphatic rings. The lowest BCUT2D eigenvalue weighted by Gasteiger charge is -2.36. The summed E-state index contributed by atoms with van der Waals surface area (Å²) in [6.07, 6.45) is 1.83. The van der Waals surface area contributed by atoms with Crippen molar-refractivity contribution in [3.8, 4) is 16.7 Å². The molecule has 3 heterocycles. The first kappa shape index (κ1) is 30.5. The van der Waals surface area contributed by atoms with E-state index >= 15 is 0 Å². The molecule has 1 aliphatic carbocycles. The molecule has 0 radical (unpaired) electrons. The number of piperidine rings is 1. The standard InChI is InChI=1S/C35H33N5O6S/c1-19-36-34(47-39-19)46-25-11-6-21(7-12-25)35(2,3)20-4-9-24(10-5-20)45-26-16-23(17-26)37-22-8-13-27-28(18-22)33(44)40(32(27)43)29-14-15-30(41)38-31(29)42/h4-13,18,23,26,29,37H,14-17H2,1-3H3,(H,38,41,42)/t23-,26-,29?. The Morgan fingerprint density at radius 2 is 1.55 bits per heavy atom. The van der Waals surface area contributed by atoms with E-state index in [1.54, 1.807) is 18.2 Å². The van der Waals surface area contributed by atoms with Crippen LogP contribution in [0.2, 0.25) is 0 Å². The maximum atomic E-state index is 13.1. The number of ether oxygens (including phenoxy) is 2. The minimum absolute atomic E-state index is 0.0522. The Hall–Kier alpha value is -5.10. The van der Waals surface area contributed by atoms with Crippen molar-refractivity contribution in [2.75, 3.05) is 5.32 Å². The summed E-state index contributed by atoms with van der Waals surface area (Å²) in [5, 5.41) is 6.17. The number of amides is 4. The third kappa shape index (κ3) is 5.96. The van der Waals surface area contributed by atoms with E-state index in [0.717, 1.165) is 40.3 Å². The second-order valence-corrected chi connectivity index (χ2v) is 13.4. The van der Waals surface area contributed by atoms with Crippen LogP contribution in [0, 0.1) is 6.92 Å². The summed E-state index contributed by atoms with van der Waals surface area (Å²) in [4.78, 5) is 55.2. The Kier molecular flexibility index (Phi) is 7.75. The van der Waals surface area contributed by atoms with Crippen LogP contribution in [0.15, 0.2) is 66.7 Å². The van der Waals surface area contributed by atoms with Crippen LogP contribution in [0.4, 0.5) is 5.69 Å². The van der Waals surface area contributed by atoms with Gasteiger partial charge in [0, 0.05) is 47.9 Å². The zero-order valence-electron chi connectivity index (χ0n) is 26.1. The van der Waals surface area contributed by atoms with Crippen LogP contribution in [-0.2, 0) is 15.0 Å². The van der Waals surface area contributed by atoms with Crippen molar-refractivity contribution < 1.29 is 28.7 Å². The lowest BCUT2D eigenvalue weighted by molar-refractivity contribution is -0.136. The minimum Gasteiger partial charge on any atom is -0.490 e. The highest BCUT2D eigenvalue weighted by Crippen LogP contribution is 2.36. The normalized spacial score (nSPS) is 20.8. The van der Waals surface area contributed by atoms with Gasteiger partial charge < -0.3 is 14.8 Å². The number of nitrogens with one attached hydrogen (secondary N) is 2. The number of aromatic nitrogens is 2. The Bertz CT molecular complexity index is 1880. The zero-order chi connectivity index (χ0) is 32.9. The molecule has 1 unspecified atom stereocenters. The van der Waals surface area contributed by atoms with Gasteiger partial charge in [-0.1, -0.05) is 38.1 Å². The smallest absolute Gasteiger partial charge is 0.298 e. The minimum atomic E-state index is -0.981. The van der Waals surface area contributed by atoms with Crippen LogP contribution in [-0.4, -0.2) is 56.1 Å². The van der Waals surface area contributed by atoms with Crippen LogP contribution in [0.3, 0.4) is 0 Å². The molecule has 2 fully saturated rings. The van der Waals surface area contributed by atoms with Crippen molar-refractivity contribution in [3.05, 3.63) is 94.8 Å². The lowest BCUT2D eigenvalue weighted by atomic mass is 9.78. The Morgan fingerprint density at radius 1 is 0.894 bits per heavy atom. The van der Waals surface area contributed by atoms with E-state index in [1.165, 1.54) is 11.5 Å². The third-order valence-corrected chi connectivity index (χ3v) is 9.76. The van der Waals surface area contributed by atoms with Crippen LogP contribution in [0.25, 0.3) is 0 Å². The van der Waals surface area contributed by atoms with E-state index in [0.29, 0.717) is 16.8 Å². The molecule has 1 saturated heterocycles. The molecule has 2 aliphatic heterocycles. The Labute approximate surface area is 275 Å². The number of rotatable bonds is 9. The molecule has 47 heavy (non-hydrogen) atoms. The molecule has 12 heteroatoms. The molecule has 1 atom stereocenters. The Morgan fingerprint density at radius 3 is 2.19 bits per heavy atom. The van der Waals surface area contributed by atoms with Crippen molar-refractivity contribution in [1.29, 1.82) is 0 Å². The second kappa shape index (κ2) is 11.9. The van der Waals surface area contributed by atoms with Crippen LogP contribution in [0.5, 0.6) is 16.7 Å². The fourth-order valence-electron chi connectivity index (χ4n) is 6.25. The van der Waals surface area contributed by atoms with Crippen LogP contribution >= 0.6 is 11.5 Å². The fraction of sp³-hybridized carbons (Fsp3) is 0.314. The van der Waals surface area contributed by atoms with Gasteiger partial charge in [0.2, 0.25) is 11.8 Å². The van der Waals surface area contributed by atoms with Gasteiger partial charge in [-0.3, -0.25) is 29.4 Å². The van der Waals surface area contributed by atoms with Gasteiger partial charge >= 0.3 is 0 Å². The van der Waals surface area contributed by atoms with Crippen LogP contribution in [0.1, 0.15) is 77.2 Å². The molecule has 11 nitrogen and oxygen atoms in total. The molecular formula is C35H33N5O6S. The zero-order valence-corrected chi connectivity index (χ0v) is 26.9. The van der Waals surface area contributed by atoms with Gasteiger partial charge in [-0.05, 0) is 66.9 Å². The summed E-state index contributed by atoms with van der Waals surface area (Å²) in [7, 11) is 0. The summed E-state index contributed by atoms with van der Waals surface area (Å²) >= 11 is 1.23. The second-order valence-electron chi connectivity index (χ2n) is 12.6. The van der Waals surface area contributed by atoms with Gasteiger partial charge in [0.25, 0.3) is 17.0 Å². The molecule has 0 spiro atoms. The van der Waals surface area contributed by atoms with E-state index in [9.17, 15) is 19.2 Å². The highest BCUT2D eigenvalue weighted by molar-refractivity contribution is 7.07. The van der Waals surface area contributed by atoms with E-state index < -0.39 is 29.7 Å². The quantitative estimate of drug-likeness (QED) is 0.228. The highest BCUT2D eigenvalue weighted by atomic mass is 32.1. The number of imide groups is 2. The summed E-state index contributed by atoms with van der Waals surface area (Å²) in [5.41, 5.74) is 3.32. The fourth-order valence-corrected chi connectivity index (χ4v) is 6.80. The highest BCUT2D eigenvalue weighted by Gasteiger charge is 2.44. The van der Waals surface area contributed by atoms with Crippen molar-refractivity contribution in [1.82, 2.24) is 19.6 Å². The SMILES string of the molecule is Cc1nsc(Oc2ccc(C(C)(C)c3ccc(O[C@H]4C[C@H](Nc5ccc6c(c5)C(=O)N(C5CCC(=O)NC5=O)C6=O)C4)cc3)cc2)n1. The molecule has 4 amide bonds. The van der Waals surface area contributed by atoms with Gasteiger partial charge in [0.1, 0.15) is 29.5 Å². The van der Waals surface area contributed by atoms with Crippen molar-refractivity contribution >= 4 is 40.8 Å². The summed E-state index contributed by atoms with van der Waals surface area (Å²) < 4.78 is 16.2. The average Bonchev–Trinajstić information content (AvgIpc) is 3.55. The van der Waals surface area contributed by atoms with E-state index in [1.807, 2.05) is 31.2 Å². The maximum absolute atomic E-state index is 13.1. The van der Waals surface area contributed by atoms with E-state index in [2.05, 4.69) is 58.1 Å². The van der Waals surface area contributed by atoms with Gasteiger partial charge in [-0.15, -0.1) is 0 Å². The van der Waals surface area contributed by atoms with Crippen molar-refractivity contribution in [3.63, 3.8) is 0 Å². The molecule has 0 bridgehead atoms. The number of benzene rings is 3. The molecule has 3 aromatic carbocycles. The molecule has 7 rings (SSSR count). The maximum Gasteiger partial charge on any atom is 0.298 e. The van der Waals surface area contributed by atoms with Crippen LogP contribution < -0.4 is 20.1 Å². The first-order chi connectivity index (χ1) is 22.5. The van der Waals surface area contributed by atoms with Gasteiger partial charge in [0.05, 0.1) is 11.1 Å². The summed E-state index contributed by atoms with van der Waals surface area (Å²) in [5.74, 6) is 0.165. The average molecular weight is 652 g/mol. The topological polar surface area (TPSA) is 140 Å². The monoisotopic (exact) mass is 651 g/mol. The lowest BCUT2D eigenvalue weighted by Crippen LogP contribution is -2.54. The molecule has 2 N–H and O–H groups in total. The number of carbonyl (C=O) groups excluding carboxylic acids is 4. The number of anilines is 1. The first-order valence-electron chi connectivity index (χ1n) is 15.5.